The van der Waals surface area contributed by atoms with Crippen molar-refractivity contribution in [3.8, 4) is 5.75 Å². The molecule has 6 heteroatoms. The third-order valence-corrected chi connectivity index (χ3v) is 5.27. The van der Waals surface area contributed by atoms with Crippen molar-refractivity contribution in [2.45, 2.75) is 11.1 Å². The zero-order chi connectivity index (χ0) is 14.1. The zero-order valence-corrected chi connectivity index (χ0v) is 12.4. The van der Waals surface area contributed by atoms with Crippen LogP contribution < -0.4 is 10.5 Å². The SMILES string of the molecule is Cc1c(SNc2cccc(N)n2)sc2ccc(O)cc12. The number of nitrogens with zero attached hydrogens (tertiary/aromatic N) is 1. The van der Waals surface area contributed by atoms with Crippen molar-refractivity contribution in [2.24, 2.45) is 0 Å². The van der Waals surface area contributed by atoms with Crippen LogP contribution in [0.15, 0.2) is 40.6 Å². The molecular weight excluding hydrogens is 290 g/mol. The van der Waals surface area contributed by atoms with Crippen molar-refractivity contribution < 1.29 is 5.11 Å². The molecule has 0 unspecified atom stereocenters. The Morgan fingerprint density at radius 2 is 2.15 bits per heavy atom. The number of phenolic OH excluding ortho intramolecular Hbond substituents is 1. The molecule has 0 bridgehead atoms. The number of nitrogen functional groups attached to an aromatic ring is 1. The van der Waals surface area contributed by atoms with Crippen molar-refractivity contribution in [2.75, 3.05) is 10.5 Å². The molecule has 0 aliphatic heterocycles. The van der Waals surface area contributed by atoms with Crippen molar-refractivity contribution >= 4 is 45.0 Å². The second-order valence-corrected chi connectivity index (χ2v) is 6.47. The van der Waals surface area contributed by atoms with Crippen LogP contribution in [0.2, 0.25) is 0 Å². The Morgan fingerprint density at radius 1 is 1.30 bits per heavy atom. The second-order valence-electron chi connectivity index (χ2n) is 4.35. The number of fused-ring (bicyclic) bond motifs is 1. The van der Waals surface area contributed by atoms with Gasteiger partial charge in [-0.25, -0.2) is 4.98 Å². The Kier molecular flexibility index (Phi) is 3.42. The summed E-state index contributed by atoms with van der Waals surface area (Å²) in [6.45, 7) is 2.05. The fourth-order valence-electron chi connectivity index (χ4n) is 1.89. The Bertz CT molecular complexity index is 770. The lowest BCUT2D eigenvalue weighted by molar-refractivity contribution is 0.476. The molecule has 3 rings (SSSR count). The van der Waals surface area contributed by atoms with Crippen LogP contribution in [-0.2, 0) is 0 Å². The van der Waals surface area contributed by atoms with E-state index in [0.29, 0.717) is 11.6 Å². The van der Waals surface area contributed by atoms with Crippen LogP contribution in [0.4, 0.5) is 11.6 Å². The summed E-state index contributed by atoms with van der Waals surface area (Å²) in [5, 5.41) is 10.6. The number of nitrogens with two attached hydrogens (primary N) is 1. The van der Waals surface area contributed by atoms with E-state index in [0.717, 1.165) is 25.7 Å². The standard InChI is InChI=1S/C14H13N3OS2/c1-8-10-7-9(18)5-6-11(10)19-14(8)20-17-13-4-2-3-12(15)16-13/h2-7,18H,1H3,(H3,15,16,17). The largest absolute Gasteiger partial charge is 0.508 e. The van der Waals surface area contributed by atoms with Gasteiger partial charge in [0.25, 0.3) is 0 Å². The van der Waals surface area contributed by atoms with Crippen molar-refractivity contribution in [1.82, 2.24) is 4.98 Å². The normalized spacial score (nSPS) is 10.8. The highest BCUT2D eigenvalue weighted by Crippen LogP contribution is 2.38. The van der Waals surface area contributed by atoms with E-state index in [9.17, 15) is 5.11 Å². The van der Waals surface area contributed by atoms with Crippen LogP contribution in [0.1, 0.15) is 5.56 Å². The topological polar surface area (TPSA) is 71.2 Å². The van der Waals surface area contributed by atoms with Gasteiger partial charge in [0.2, 0.25) is 0 Å². The molecule has 102 valence electrons. The minimum atomic E-state index is 0.292. The molecule has 0 saturated carbocycles. The molecule has 4 nitrogen and oxygen atoms in total. The van der Waals surface area contributed by atoms with Crippen molar-refractivity contribution in [1.29, 1.82) is 0 Å². The van der Waals surface area contributed by atoms with E-state index in [1.54, 1.807) is 29.5 Å². The van der Waals surface area contributed by atoms with Gasteiger partial charge in [-0.05, 0) is 54.8 Å². The summed E-state index contributed by atoms with van der Waals surface area (Å²) in [6, 6.07) is 10.9. The van der Waals surface area contributed by atoms with Gasteiger partial charge >= 0.3 is 0 Å². The number of pyridine rings is 1. The van der Waals surface area contributed by atoms with Gasteiger partial charge in [-0.2, -0.15) is 0 Å². The van der Waals surface area contributed by atoms with Crippen LogP contribution in [0.5, 0.6) is 5.75 Å². The van der Waals surface area contributed by atoms with E-state index >= 15 is 0 Å². The Morgan fingerprint density at radius 3 is 2.95 bits per heavy atom. The number of phenols is 1. The van der Waals surface area contributed by atoms with E-state index in [1.165, 1.54) is 11.9 Å². The van der Waals surface area contributed by atoms with Crippen LogP contribution in [0.3, 0.4) is 0 Å². The number of anilines is 2. The maximum atomic E-state index is 9.56. The molecule has 2 aromatic heterocycles. The zero-order valence-electron chi connectivity index (χ0n) is 10.8. The number of rotatable bonds is 3. The highest BCUT2D eigenvalue weighted by molar-refractivity contribution is 8.02. The molecule has 3 aromatic rings. The van der Waals surface area contributed by atoms with Gasteiger partial charge in [0, 0.05) is 10.1 Å². The summed E-state index contributed by atoms with van der Waals surface area (Å²) in [7, 11) is 0. The fourth-order valence-corrected chi connectivity index (χ4v) is 3.95. The first-order valence-electron chi connectivity index (χ1n) is 6.01. The van der Waals surface area contributed by atoms with Crippen LogP contribution in [0, 0.1) is 6.92 Å². The molecule has 0 spiro atoms. The van der Waals surface area contributed by atoms with Crippen molar-refractivity contribution in [3.05, 3.63) is 42.0 Å². The highest BCUT2D eigenvalue weighted by atomic mass is 32.2. The number of aromatic nitrogens is 1. The first-order chi connectivity index (χ1) is 9.63. The molecular formula is C14H13N3OS2. The smallest absolute Gasteiger partial charge is 0.138 e. The summed E-state index contributed by atoms with van der Waals surface area (Å²) in [5.74, 6) is 1.52. The van der Waals surface area contributed by atoms with E-state index in [2.05, 4.69) is 16.6 Å². The predicted octanol–water partition coefficient (Wildman–Crippen LogP) is 4.01. The molecule has 0 radical (unpaired) electrons. The molecule has 0 aliphatic rings. The van der Waals surface area contributed by atoms with Gasteiger partial charge in [-0.15, -0.1) is 11.3 Å². The van der Waals surface area contributed by atoms with Gasteiger partial charge in [0.15, 0.2) is 0 Å². The Balaban J connectivity index is 1.86. The maximum absolute atomic E-state index is 9.56. The number of nitrogens with one attached hydrogen (secondary N) is 1. The Hall–Kier alpha value is -1.92. The minimum Gasteiger partial charge on any atom is -0.508 e. The predicted molar refractivity (Wildman–Crippen MR) is 86.4 cm³/mol. The average Bonchev–Trinajstić information content (AvgIpc) is 2.73. The number of hydrogen-bond acceptors (Lipinski definition) is 6. The first-order valence-corrected chi connectivity index (χ1v) is 7.64. The molecule has 0 atom stereocenters. The van der Waals surface area contributed by atoms with E-state index in [-0.39, 0.29) is 0 Å². The molecule has 2 heterocycles. The third-order valence-electron chi connectivity index (χ3n) is 2.89. The maximum Gasteiger partial charge on any atom is 0.138 e. The monoisotopic (exact) mass is 303 g/mol. The third kappa shape index (κ3) is 2.52. The average molecular weight is 303 g/mol. The van der Waals surface area contributed by atoms with Gasteiger partial charge in [0.1, 0.15) is 17.4 Å². The van der Waals surface area contributed by atoms with Crippen LogP contribution >= 0.6 is 23.3 Å². The summed E-state index contributed by atoms with van der Waals surface area (Å²) in [6.07, 6.45) is 0. The van der Waals surface area contributed by atoms with E-state index in [4.69, 9.17) is 5.73 Å². The summed E-state index contributed by atoms with van der Waals surface area (Å²) < 4.78 is 5.50. The van der Waals surface area contributed by atoms with Gasteiger partial charge in [-0.3, -0.25) is 0 Å². The molecule has 0 saturated heterocycles. The summed E-state index contributed by atoms with van der Waals surface area (Å²) in [4.78, 5) is 4.20. The quantitative estimate of drug-likeness (QED) is 0.638. The van der Waals surface area contributed by atoms with E-state index in [1.807, 2.05) is 18.2 Å². The lowest BCUT2D eigenvalue weighted by Gasteiger charge is -2.04. The van der Waals surface area contributed by atoms with Gasteiger partial charge < -0.3 is 15.6 Å². The lowest BCUT2D eigenvalue weighted by atomic mass is 10.2. The van der Waals surface area contributed by atoms with Crippen molar-refractivity contribution in [3.63, 3.8) is 0 Å². The Labute approximate surface area is 124 Å². The molecule has 0 aliphatic carbocycles. The number of thiophene rings is 1. The summed E-state index contributed by atoms with van der Waals surface area (Å²) >= 11 is 3.20. The van der Waals surface area contributed by atoms with E-state index < -0.39 is 0 Å². The number of hydrogen-bond donors (Lipinski definition) is 3. The molecule has 0 amide bonds. The fraction of sp³-hybridized carbons (Fsp3) is 0.0714. The molecule has 20 heavy (non-hydrogen) atoms. The second kappa shape index (κ2) is 5.22. The molecule has 1 aromatic carbocycles. The number of benzene rings is 1. The van der Waals surface area contributed by atoms with Gasteiger partial charge in [-0.1, -0.05) is 6.07 Å². The van der Waals surface area contributed by atoms with Gasteiger partial charge in [0.05, 0.1) is 4.21 Å². The molecule has 0 fully saturated rings. The van der Waals surface area contributed by atoms with Crippen LogP contribution in [-0.4, -0.2) is 10.1 Å². The summed E-state index contributed by atoms with van der Waals surface area (Å²) in [5.41, 5.74) is 6.80. The minimum absolute atomic E-state index is 0.292. The van der Waals surface area contributed by atoms with Crippen LogP contribution in [0.25, 0.3) is 10.1 Å². The highest BCUT2D eigenvalue weighted by Gasteiger charge is 2.10. The lowest BCUT2D eigenvalue weighted by Crippen LogP contribution is -1.94. The molecule has 4 N–H and O–H groups in total. The first kappa shape index (κ1) is 13.1. The number of aryl methyl sites for hydroxylation is 1. The number of aromatic hydroxyl groups is 1.